The fourth-order valence-electron chi connectivity index (χ4n) is 1.58. The Balaban J connectivity index is 2.40. The highest BCUT2D eigenvalue weighted by molar-refractivity contribution is 5.68. The summed E-state index contributed by atoms with van der Waals surface area (Å²) >= 11 is 0. The second-order valence-corrected chi connectivity index (χ2v) is 4.87. The van der Waals surface area contributed by atoms with Gasteiger partial charge < -0.3 is 9.84 Å². The maximum atomic E-state index is 11.3. The van der Waals surface area contributed by atoms with Gasteiger partial charge in [0, 0.05) is 0 Å². The fourth-order valence-corrected chi connectivity index (χ4v) is 1.58. The number of carbonyl (C=O) groups is 1. The summed E-state index contributed by atoms with van der Waals surface area (Å²) in [5.41, 5.74) is -1.55. The molecule has 0 radical (unpaired) electrons. The molecule has 1 aliphatic carbocycles. The number of amides is 1. The Kier molecular flexibility index (Phi) is 3.04. The van der Waals surface area contributed by atoms with Gasteiger partial charge in [-0.15, -0.1) is 0 Å². The van der Waals surface area contributed by atoms with E-state index < -0.39 is 17.4 Å². The van der Waals surface area contributed by atoms with Crippen LogP contribution in [0.25, 0.3) is 0 Å². The maximum absolute atomic E-state index is 11.3. The highest BCUT2D eigenvalue weighted by Crippen LogP contribution is 2.27. The zero-order valence-corrected chi connectivity index (χ0v) is 9.09. The summed E-state index contributed by atoms with van der Waals surface area (Å²) in [6.45, 7) is 5.39. The molecule has 0 aromatic heterocycles. The molecule has 0 aromatic rings. The molecule has 2 N–H and O–H groups in total. The Morgan fingerprint density at radius 1 is 1.36 bits per heavy atom. The van der Waals surface area contributed by atoms with Gasteiger partial charge >= 0.3 is 6.09 Å². The predicted octanol–water partition coefficient (Wildman–Crippen LogP) is 1.77. The molecule has 4 nitrogen and oxygen atoms in total. The monoisotopic (exact) mass is 201 g/mol. The minimum absolute atomic E-state index is 0.515. The van der Waals surface area contributed by atoms with Crippen molar-refractivity contribution in [1.82, 2.24) is 5.32 Å². The third kappa shape index (κ3) is 3.54. The number of hydrogen-bond acceptors (Lipinski definition) is 3. The number of ether oxygens (including phenoxy) is 1. The summed E-state index contributed by atoms with van der Waals surface area (Å²) in [4.78, 5) is 11.3. The minimum Gasteiger partial charge on any atom is -0.444 e. The number of aliphatic hydroxyl groups is 1. The van der Waals surface area contributed by atoms with Gasteiger partial charge in [-0.05, 0) is 46.5 Å². The van der Waals surface area contributed by atoms with Gasteiger partial charge in [-0.2, -0.15) is 0 Å². The normalized spacial score (nSPS) is 20.6. The van der Waals surface area contributed by atoms with Crippen LogP contribution in [0.2, 0.25) is 0 Å². The van der Waals surface area contributed by atoms with E-state index in [1.807, 2.05) is 0 Å². The number of nitrogens with one attached hydrogen (secondary N) is 1. The molecule has 0 spiro atoms. The Labute approximate surface area is 84.6 Å². The topological polar surface area (TPSA) is 58.6 Å². The molecule has 1 amide bonds. The molecule has 1 rings (SSSR count). The van der Waals surface area contributed by atoms with E-state index in [1.165, 1.54) is 0 Å². The van der Waals surface area contributed by atoms with E-state index in [0.29, 0.717) is 12.8 Å². The molecule has 82 valence electrons. The molecule has 0 bridgehead atoms. The maximum Gasteiger partial charge on any atom is 0.409 e. The van der Waals surface area contributed by atoms with Crippen LogP contribution in [0.4, 0.5) is 4.79 Å². The Morgan fingerprint density at radius 3 is 2.29 bits per heavy atom. The van der Waals surface area contributed by atoms with Crippen molar-refractivity contribution in [1.29, 1.82) is 0 Å². The summed E-state index contributed by atoms with van der Waals surface area (Å²) in [5, 5.41) is 12.4. The average molecular weight is 201 g/mol. The van der Waals surface area contributed by atoms with Crippen molar-refractivity contribution in [2.75, 3.05) is 0 Å². The summed E-state index contributed by atoms with van der Waals surface area (Å²) in [7, 11) is 0. The Bertz CT molecular complexity index is 214. The molecule has 0 aliphatic heterocycles. The van der Waals surface area contributed by atoms with Crippen molar-refractivity contribution in [2.24, 2.45) is 0 Å². The molecule has 0 unspecified atom stereocenters. The van der Waals surface area contributed by atoms with Crippen molar-refractivity contribution in [2.45, 2.75) is 57.8 Å². The van der Waals surface area contributed by atoms with E-state index in [-0.39, 0.29) is 0 Å². The van der Waals surface area contributed by atoms with Crippen LogP contribution in [0.3, 0.4) is 0 Å². The van der Waals surface area contributed by atoms with Crippen LogP contribution in [-0.4, -0.2) is 22.5 Å². The Morgan fingerprint density at radius 2 is 1.86 bits per heavy atom. The first-order valence-electron chi connectivity index (χ1n) is 5.04. The second kappa shape index (κ2) is 3.77. The largest absolute Gasteiger partial charge is 0.444 e. The lowest BCUT2D eigenvalue weighted by Crippen LogP contribution is -2.48. The smallest absolute Gasteiger partial charge is 0.409 e. The van der Waals surface area contributed by atoms with Crippen molar-refractivity contribution >= 4 is 6.09 Å². The third-order valence-corrected chi connectivity index (χ3v) is 2.16. The number of carbonyl (C=O) groups excluding carboxylic acids is 1. The van der Waals surface area contributed by atoms with Crippen LogP contribution in [0.15, 0.2) is 0 Å². The summed E-state index contributed by atoms with van der Waals surface area (Å²) in [5.74, 6) is 0. The molecule has 0 aromatic carbocycles. The molecular weight excluding hydrogens is 182 g/mol. The van der Waals surface area contributed by atoms with E-state index in [1.54, 1.807) is 20.8 Å². The van der Waals surface area contributed by atoms with Gasteiger partial charge in [0.15, 0.2) is 0 Å². The van der Waals surface area contributed by atoms with Gasteiger partial charge in [0.25, 0.3) is 0 Å². The minimum atomic E-state index is -1.04. The van der Waals surface area contributed by atoms with Crippen LogP contribution in [0, 0.1) is 0 Å². The summed E-state index contributed by atoms with van der Waals surface area (Å²) in [6.07, 6.45) is 2.60. The number of rotatable bonds is 1. The highest BCUT2D eigenvalue weighted by atomic mass is 16.6. The lowest BCUT2D eigenvalue weighted by Gasteiger charge is -2.26. The molecule has 14 heavy (non-hydrogen) atoms. The van der Waals surface area contributed by atoms with Gasteiger partial charge in [0.2, 0.25) is 0 Å². The van der Waals surface area contributed by atoms with Crippen molar-refractivity contribution < 1.29 is 14.6 Å². The first-order chi connectivity index (χ1) is 6.31. The SMILES string of the molecule is CC(C)(C)OC(=O)NC1(O)CCCC1. The van der Waals surface area contributed by atoms with Gasteiger partial charge in [0.1, 0.15) is 11.3 Å². The number of alkyl carbamates (subject to hydrolysis) is 1. The molecule has 1 saturated carbocycles. The molecule has 4 heteroatoms. The zero-order valence-electron chi connectivity index (χ0n) is 9.09. The quantitative estimate of drug-likeness (QED) is 0.636. The van der Waals surface area contributed by atoms with Crippen LogP contribution >= 0.6 is 0 Å². The Hall–Kier alpha value is -0.770. The van der Waals surface area contributed by atoms with Crippen LogP contribution in [-0.2, 0) is 4.74 Å². The molecular formula is C10H19NO3. The zero-order chi connectivity index (χ0) is 10.8. The summed E-state index contributed by atoms with van der Waals surface area (Å²) < 4.78 is 5.05. The molecule has 1 fully saturated rings. The lowest BCUT2D eigenvalue weighted by molar-refractivity contribution is -0.00934. The van der Waals surface area contributed by atoms with E-state index in [9.17, 15) is 9.90 Å². The summed E-state index contributed by atoms with van der Waals surface area (Å²) in [6, 6.07) is 0. The molecule has 1 aliphatic rings. The van der Waals surface area contributed by atoms with E-state index in [4.69, 9.17) is 4.74 Å². The van der Waals surface area contributed by atoms with Gasteiger partial charge in [-0.1, -0.05) is 0 Å². The highest BCUT2D eigenvalue weighted by Gasteiger charge is 2.34. The van der Waals surface area contributed by atoms with Crippen LogP contribution in [0.5, 0.6) is 0 Å². The van der Waals surface area contributed by atoms with Gasteiger partial charge in [-0.3, -0.25) is 5.32 Å². The van der Waals surface area contributed by atoms with Crippen LogP contribution in [0.1, 0.15) is 46.5 Å². The predicted molar refractivity (Wildman–Crippen MR) is 52.8 cm³/mol. The van der Waals surface area contributed by atoms with E-state index in [0.717, 1.165) is 12.8 Å². The van der Waals surface area contributed by atoms with E-state index >= 15 is 0 Å². The molecule has 0 heterocycles. The van der Waals surface area contributed by atoms with E-state index in [2.05, 4.69) is 5.32 Å². The van der Waals surface area contributed by atoms with Crippen molar-refractivity contribution in [3.8, 4) is 0 Å². The van der Waals surface area contributed by atoms with Crippen LogP contribution < -0.4 is 5.32 Å². The molecule has 0 atom stereocenters. The first kappa shape index (κ1) is 11.3. The van der Waals surface area contributed by atoms with Crippen molar-refractivity contribution in [3.05, 3.63) is 0 Å². The fraction of sp³-hybridized carbons (Fsp3) is 0.900. The standard InChI is InChI=1S/C10H19NO3/c1-9(2,3)14-8(12)11-10(13)6-4-5-7-10/h13H,4-7H2,1-3H3,(H,11,12). The lowest BCUT2D eigenvalue weighted by atomic mass is 10.2. The number of hydrogen-bond donors (Lipinski definition) is 2. The first-order valence-corrected chi connectivity index (χ1v) is 5.04. The third-order valence-electron chi connectivity index (χ3n) is 2.16. The second-order valence-electron chi connectivity index (χ2n) is 4.87. The van der Waals surface area contributed by atoms with Gasteiger partial charge in [0.05, 0.1) is 0 Å². The average Bonchev–Trinajstić information content (AvgIpc) is 2.30. The van der Waals surface area contributed by atoms with Crippen molar-refractivity contribution in [3.63, 3.8) is 0 Å². The molecule has 0 saturated heterocycles. The van der Waals surface area contributed by atoms with Gasteiger partial charge in [-0.25, -0.2) is 4.79 Å².